The normalized spacial score (nSPS) is 0. The Kier molecular flexibility index (Phi) is 74300. The van der Waals surface area contributed by atoms with Gasteiger partial charge in [-0.1, -0.05) is 0 Å². The van der Waals surface area contributed by atoms with Gasteiger partial charge in [0.25, 0.3) is 0 Å². The standard InChI is InChI=1S/2Ni.6H2O/h;;6*1H2/q2*+2;;;;;;. The Hall–Kier alpha value is 0.747. The Morgan fingerprint density at radius 1 is 0.250 bits per heavy atom. The van der Waals surface area contributed by atoms with Crippen LogP contribution in [-0.2, 0) is 33.0 Å². The van der Waals surface area contributed by atoms with Crippen molar-refractivity contribution in [3.8, 4) is 0 Å². The summed E-state index contributed by atoms with van der Waals surface area (Å²) in [5, 5.41) is 0. The molecule has 0 bridgehead atoms. The minimum Gasteiger partial charge on any atom is -0.412 e. The molecule has 0 aromatic carbocycles. The maximum atomic E-state index is 0. The van der Waals surface area contributed by atoms with Gasteiger partial charge in [-0.15, -0.1) is 0 Å². The van der Waals surface area contributed by atoms with Crippen LogP contribution in [0.1, 0.15) is 0 Å². The maximum absolute atomic E-state index is 0. The van der Waals surface area contributed by atoms with Crippen LogP contribution in [-0.4, -0.2) is 32.9 Å². The third-order valence-corrected chi connectivity index (χ3v) is 0. The molecule has 0 fully saturated rings. The summed E-state index contributed by atoms with van der Waals surface area (Å²) in [4.78, 5) is 0. The van der Waals surface area contributed by atoms with Crippen LogP contribution in [0.2, 0.25) is 0 Å². The molecular formula is H12Ni2O6+4. The van der Waals surface area contributed by atoms with E-state index in [0.717, 1.165) is 0 Å². The van der Waals surface area contributed by atoms with Crippen molar-refractivity contribution in [3.63, 3.8) is 0 Å². The second-order valence-corrected chi connectivity index (χ2v) is 0. The first kappa shape index (κ1) is 941. The molecule has 8 heteroatoms. The molecule has 0 aliphatic heterocycles. The van der Waals surface area contributed by atoms with Gasteiger partial charge >= 0.3 is 33.0 Å². The molecule has 0 radical (unpaired) electrons. The summed E-state index contributed by atoms with van der Waals surface area (Å²) in [6.07, 6.45) is 0. The van der Waals surface area contributed by atoms with Gasteiger partial charge in [-0.2, -0.15) is 0 Å². The van der Waals surface area contributed by atoms with Crippen molar-refractivity contribution in [3.05, 3.63) is 0 Å². The molecule has 0 unspecified atom stereocenters. The van der Waals surface area contributed by atoms with E-state index < -0.39 is 0 Å². The minimum absolute atomic E-state index is 0. The van der Waals surface area contributed by atoms with Crippen molar-refractivity contribution < 1.29 is 65.8 Å². The van der Waals surface area contributed by atoms with Gasteiger partial charge in [0.15, 0.2) is 0 Å². The molecule has 6 nitrogen and oxygen atoms in total. The van der Waals surface area contributed by atoms with Crippen LogP contribution in [0.4, 0.5) is 0 Å². The number of hydrogen-bond acceptors (Lipinski definition) is 0. The molecule has 0 saturated heterocycles. The Morgan fingerprint density at radius 3 is 0.250 bits per heavy atom. The van der Waals surface area contributed by atoms with Gasteiger partial charge in [0.05, 0.1) is 0 Å². The van der Waals surface area contributed by atoms with Crippen LogP contribution in [0, 0.1) is 0 Å². The summed E-state index contributed by atoms with van der Waals surface area (Å²) in [7, 11) is 0. The number of rotatable bonds is 0. The van der Waals surface area contributed by atoms with E-state index in [1.807, 2.05) is 0 Å². The predicted octanol–water partition coefficient (Wildman–Crippen LogP) is -4.95. The summed E-state index contributed by atoms with van der Waals surface area (Å²) < 4.78 is 0. The molecule has 0 saturated carbocycles. The Bertz CT molecular complexity index is 6.49. The zero-order valence-electron chi connectivity index (χ0n) is 3.63. The largest absolute Gasteiger partial charge is 2.00 e. The van der Waals surface area contributed by atoms with Gasteiger partial charge in [0.1, 0.15) is 0 Å². The maximum Gasteiger partial charge on any atom is 2.00 e. The average Bonchev–Trinajstić information content (AvgIpc) is 0. The van der Waals surface area contributed by atoms with Gasteiger partial charge in [-0.25, -0.2) is 0 Å². The van der Waals surface area contributed by atoms with E-state index in [1.165, 1.54) is 0 Å². The molecule has 0 atom stereocenters. The molecule has 0 aromatic heterocycles. The van der Waals surface area contributed by atoms with Crippen LogP contribution in [0.3, 0.4) is 0 Å². The smallest absolute Gasteiger partial charge is 0.412 e. The molecular weight excluding hydrogens is 213 g/mol. The molecule has 0 heterocycles. The van der Waals surface area contributed by atoms with Crippen LogP contribution in [0.25, 0.3) is 0 Å². The second-order valence-electron chi connectivity index (χ2n) is 0. The Labute approximate surface area is 66.3 Å². The molecule has 12 N–H and O–H groups in total. The fourth-order valence-corrected chi connectivity index (χ4v) is 0. The number of hydrogen-bond donors (Lipinski definition) is 0. The Morgan fingerprint density at radius 2 is 0.250 bits per heavy atom. The minimum atomic E-state index is 0. The fraction of sp³-hybridized carbons (Fsp3) is 0. The topological polar surface area (TPSA) is 189 Å². The van der Waals surface area contributed by atoms with E-state index in [9.17, 15) is 0 Å². The van der Waals surface area contributed by atoms with E-state index in [4.69, 9.17) is 0 Å². The van der Waals surface area contributed by atoms with E-state index in [2.05, 4.69) is 0 Å². The Balaban J connectivity index is 0. The monoisotopic (exact) mass is 224 g/mol. The van der Waals surface area contributed by atoms with Crippen LogP contribution < -0.4 is 0 Å². The van der Waals surface area contributed by atoms with Crippen molar-refractivity contribution >= 4 is 0 Å². The summed E-state index contributed by atoms with van der Waals surface area (Å²) in [5.74, 6) is 0. The average molecular weight is 225 g/mol. The molecule has 0 aromatic rings. The summed E-state index contributed by atoms with van der Waals surface area (Å²) in [6.45, 7) is 0. The van der Waals surface area contributed by atoms with Gasteiger partial charge in [0.2, 0.25) is 0 Å². The van der Waals surface area contributed by atoms with Crippen LogP contribution in [0.5, 0.6) is 0 Å². The first-order valence-electron chi connectivity index (χ1n) is 0. The molecule has 0 spiro atoms. The fourth-order valence-electron chi connectivity index (χ4n) is 0. The van der Waals surface area contributed by atoms with E-state index >= 15 is 0 Å². The molecule has 0 aliphatic rings. The van der Waals surface area contributed by atoms with Crippen molar-refractivity contribution in [1.29, 1.82) is 0 Å². The molecule has 0 aliphatic carbocycles. The van der Waals surface area contributed by atoms with Crippen molar-refractivity contribution in [2.45, 2.75) is 0 Å². The third-order valence-electron chi connectivity index (χ3n) is 0. The summed E-state index contributed by atoms with van der Waals surface area (Å²) in [6, 6.07) is 0. The zero-order chi connectivity index (χ0) is 0. The molecule has 8 heavy (non-hydrogen) atoms. The molecule has 64 valence electrons. The van der Waals surface area contributed by atoms with E-state index in [1.54, 1.807) is 0 Å². The molecule has 0 rings (SSSR count). The van der Waals surface area contributed by atoms with E-state index in [-0.39, 0.29) is 65.8 Å². The van der Waals surface area contributed by atoms with E-state index in [0.29, 0.717) is 0 Å². The third kappa shape index (κ3) is 399. The van der Waals surface area contributed by atoms with Crippen molar-refractivity contribution in [2.75, 3.05) is 0 Å². The van der Waals surface area contributed by atoms with Gasteiger partial charge in [-0.05, 0) is 0 Å². The summed E-state index contributed by atoms with van der Waals surface area (Å²) in [5.41, 5.74) is 0. The zero-order valence-corrected chi connectivity index (χ0v) is 5.61. The van der Waals surface area contributed by atoms with Crippen molar-refractivity contribution in [1.82, 2.24) is 0 Å². The van der Waals surface area contributed by atoms with Crippen molar-refractivity contribution in [2.24, 2.45) is 0 Å². The predicted molar refractivity (Wildman–Crippen MR) is 21.7 cm³/mol. The first-order valence-corrected chi connectivity index (χ1v) is 0. The van der Waals surface area contributed by atoms with Crippen LogP contribution in [0.15, 0.2) is 0 Å². The first-order chi connectivity index (χ1) is 0. The second kappa shape index (κ2) is 632. The SMILES string of the molecule is O.O.O.O.O.O.[Ni+2].[Ni+2]. The van der Waals surface area contributed by atoms with Gasteiger partial charge in [0, 0.05) is 0 Å². The van der Waals surface area contributed by atoms with Gasteiger partial charge < -0.3 is 32.9 Å². The van der Waals surface area contributed by atoms with Gasteiger partial charge in [-0.3, -0.25) is 0 Å². The van der Waals surface area contributed by atoms with Crippen LogP contribution >= 0.6 is 0 Å². The summed E-state index contributed by atoms with van der Waals surface area (Å²) >= 11 is 0. The quantitative estimate of drug-likeness (QED) is 0.357. The molecule has 0 amide bonds.